The van der Waals surface area contributed by atoms with Gasteiger partial charge in [0, 0.05) is 69.1 Å². The van der Waals surface area contributed by atoms with Crippen molar-refractivity contribution in [2.45, 2.75) is 37.5 Å². The van der Waals surface area contributed by atoms with Crippen LogP contribution in [-0.2, 0) is 5.41 Å². The summed E-state index contributed by atoms with van der Waals surface area (Å²) in [5, 5.41) is 19.6. The Balaban J connectivity index is 1.10. The van der Waals surface area contributed by atoms with Gasteiger partial charge in [0.25, 0.3) is 11.4 Å². The molecule has 6 aromatic rings. The molecule has 0 unspecified atom stereocenters. The third-order valence-electron chi connectivity index (χ3n) is 11.3. The zero-order valence-electron chi connectivity index (χ0n) is 29.4. The van der Waals surface area contributed by atoms with Crippen LogP contribution in [-0.4, -0.2) is 11.6 Å². The number of hydrogen-bond donors (Lipinski definition) is 0. The van der Waals surface area contributed by atoms with Crippen LogP contribution in [0, 0.1) is 59.1 Å². The van der Waals surface area contributed by atoms with E-state index >= 15 is 0 Å². The van der Waals surface area contributed by atoms with Crippen molar-refractivity contribution in [3.63, 3.8) is 0 Å². The van der Waals surface area contributed by atoms with Crippen molar-refractivity contribution in [3.05, 3.63) is 148 Å². The molecule has 1 fully saturated rings. The Morgan fingerprint density at radius 1 is 0.621 bits per heavy atom. The van der Waals surface area contributed by atoms with E-state index in [1.165, 1.54) is 43.6 Å². The Bertz CT molecular complexity index is 3050. The zero-order chi connectivity index (χ0) is 40.4. The fraction of sp³-hybridized carbons (Fsp3) is 0.136. The van der Waals surface area contributed by atoms with Gasteiger partial charge in [0.05, 0.1) is 44.4 Å². The lowest BCUT2D eigenvalue weighted by Crippen LogP contribution is -2.27. The van der Waals surface area contributed by atoms with Crippen LogP contribution in [0.1, 0.15) is 84.8 Å². The summed E-state index contributed by atoms with van der Waals surface area (Å²) in [4.78, 5) is 37.7. The number of fused-ring (bicyclic) bond motifs is 11. The SMILES string of the molecule is [C-]#[N+]/C(C#N)=C1\C(=C/c2cc3sc4c(c3s2)C2(CCCCC2)c2c-4sc3cc(/C=C4\C(=O)c5cc(F)c(F)cc5\C4=C(\C#N)[N+]#[C-])sc23)C(=O)c2cc(F)c(F)cc21. The van der Waals surface area contributed by atoms with Gasteiger partial charge in [-0.25, -0.2) is 37.8 Å². The number of allylic oxidation sites excluding steroid dienone is 6. The van der Waals surface area contributed by atoms with Crippen LogP contribution in [0.25, 0.3) is 61.5 Å². The van der Waals surface area contributed by atoms with Gasteiger partial charge >= 0.3 is 0 Å². The monoisotopic (exact) mass is 838 g/mol. The maximum Gasteiger partial charge on any atom is 0.270 e. The Labute approximate surface area is 342 Å². The first-order valence-corrected chi connectivity index (χ1v) is 21.0. The van der Waals surface area contributed by atoms with Crippen LogP contribution in [0.3, 0.4) is 0 Å². The van der Waals surface area contributed by atoms with Crippen molar-refractivity contribution in [1.29, 1.82) is 10.5 Å². The first-order valence-electron chi connectivity index (χ1n) is 17.7. The maximum absolute atomic E-state index is 14.4. The van der Waals surface area contributed by atoms with Gasteiger partial charge in [-0.05, 0) is 72.5 Å². The number of Topliss-reactive ketones (excluding diaryl/α,β-unsaturated/α-hetero) is 2. The molecule has 2 aromatic carbocycles. The van der Waals surface area contributed by atoms with Gasteiger partial charge in [-0.15, -0.1) is 45.3 Å². The first-order chi connectivity index (χ1) is 28.0. The van der Waals surface area contributed by atoms with Crippen LogP contribution in [0.4, 0.5) is 17.6 Å². The number of nitrogens with zero attached hydrogens (tertiary/aromatic N) is 4. The molecular weight excluding hydrogens is 821 g/mol. The minimum Gasteiger partial charge on any atom is -0.289 e. The van der Waals surface area contributed by atoms with Gasteiger partial charge in [0.15, 0.2) is 34.8 Å². The molecule has 0 N–H and O–H groups in total. The quantitative estimate of drug-likeness (QED) is 0.0752. The van der Waals surface area contributed by atoms with E-state index in [0.717, 1.165) is 75.2 Å². The van der Waals surface area contributed by atoms with Crippen LogP contribution >= 0.6 is 45.3 Å². The number of ketones is 2. The Morgan fingerprint density at radius 3 is 1.40 bits per heavy atom. The van der Waals surface area contributed by atoms with Crippen LogP contribution in [0.15, 0.2) is 58.9 Å². The smallest absolute Gasteiger partial charge is 0.270 e. The van der Waals surface area contributed by atoms with E-state index in [0.29, 0.717) is 9.75 Å². The zero-order valence-corrected chi connectivity index (χ0v) is 32.7. The van der Waals surface area contributed by atoms with Gasteiger partial charge in [0.1, 0.15) is 0 Å². The molecule has 10 rings (SSSR count). The lowest BCUT2D eigenvalue weighted by molar-refractivity contribution is 0.103. The number of thiophene rings is 4. The minimum absolute atomic E-state index is 0.0105. The lowest BCUT2D eigenvalue weighted by atomic mass is 9.68. The molecule has 1 spiro atoms. The highest BCUT2D eigenvalue weighted by Crippen LogP contribution is 2.66. The van der Waals surface area contributed by atoms with Crippen molar-refractivity contribution < 1.29 is 27.2 Å². The van der Waals surface area contributed by atoms with Crippen LogP contribution < -0.4 is 0 Å². The van der Waals surface area contributed by atoms with E-state index in [-0.39, 0.29) is 50.0 Å². The second-order valence-electron chi connectivity index (χ2n) is 14.2. The molecule has 4 aliphatic rings. The van der Waals surface area contributed by atoms with Gasteiger partial charge < -0.3 is 0 Å². The fourth-order valence-corrected chi connectivity index (χ4v) is 14.7. The van der Waals surface area contributed by atoms with Gasteiger partial charge in [-0.3, -0.25) is 9.59 Å². The Morgan fingerprint density at radius 2 is 1.02 bits per heavy atom. The van der Waals surface area contributed by atoms with Crippen molar-refractivity contribution in [3.8, 4) is 21.9 Å². The molecule has 14 heteroatoms. The van der Waals surface area contributed by atoms with Gasteiger partial charge in [-0.1, -0.05) is 19.3 Å². The normalized spacial score (nSPS) is 19.3. The number of nitriles is 2. The average Bonchev–Trinajstić information content (AvgIpc) is 4.06. The highest BCUT2D eigenvalue weighted by molar-refractivity contribution is 7.35. The summed E-state index contributed by atoms with van der Waals surface area (Å²) in [5.74, 6) is -5.96. The summed E-state index contributed by atoms with van der Waals surface area (Å²) in [6.07, 6.45) is 8.10. The molecule has 4 heterocycles. The number of carbonyl (C=O) groups is 2. The number of carbonyl (C=O) groups excluding carboxylic acids is 2. The average molecular weight is 839 g/mol. The molecule has 0 amide bonds. The van der Waals surface area contributed by atoms with E-state index in [1.807, 2.05) is 24.3 Å². The topological polar surface area (TPSA) is 90.4 Å². The highest BCUT2D eigenvalue weighted by atomic mass is 32.1. The molecule has 4 aromatic heterocycles. The standard InChI is InChI=1S/C44H18F4N4O2S4/c1-51-30(16-49)34-20-12-26(45)28(47)14-22(20)38(53)24(34)8-18-10-32-40(55-18)36-42(57-32)43-37(44(36)6-4-3-5-7-44)41-33(58-43)11-19(56-41)9-25-35(31(17-50)52-2)21-13-27(46)29(48)15-23(21)39(25)54/h8-15H,3-7H2/b24-8-,25-9+,34-30+,35-31-. The largest absolute Gasteiger partial charge is 0.289 e. The van der Waals surface area contributed by atoms with Crippen LogP contribution in [0.5, 0.6) is 0 Å². The van der Waals surface area contributed by atoms with E-state index in [4.69, 9.17) is 13.1 Å². The summed E-state index contributed by atoms with van der Waals surface area (Å²) in [5.41, 5.74) is 1.19. The molecule has 278 valence electrons. The summed E-state index contributed by atoms with van der Waals surface area (Å²) < 4.78 is 61.5. The molecule has 6 nitrogen and oxygen atoms in total. The van der Waals surface area contributed by atoms with Crippen molar-refractivity contribution in [2.75, 3.05) is 0 Å². The molecule has 0 atom stereocenters. The second-order valence-corrected chi connectivity index (χ2v) is 18.5. The summed E-state index contributed by atoms with van der Waals surface area (Å²) in [6.45, 7) is 15.2. The fourth-order valence-electron chi connectivity index (χ4n) is 8.96. The number of hydrogen-bond acceptors (Lipinski definition) is 8. The molecule has 1 saturated carbocycles. The third-order valence-corrected chi connectivity index (χ3v) is 16.2. The molecule has 4 aliphatic carbocycles. The van der Waals surface area contributed by atoms with Crippen molar-refractivity contribution >= 4 is 99.0 Å². The molecule has 58 heavy (non-hydrogen) atoms. The Kier molecular flexibility index (Phi) is 8.02. The number of benzene rings is 2. The molecular formula is C44H18F4N4O2S4. The molecule has 0 radical (unpaired) electrons. The van der Waals surface area contributed by atoms with Gasteiger partial charge in [0.2, 0.25) is 0 Å². The first kappa shape index (κ1) is 36.1. The van der Waals surface area contributed by atoms with Gasteiger partial charge in [-0.2, -0.15) is 0 Å². The molecule has 0 aliphatic heterocycles. The van der Waals surface area contributed by atoms with Crippen LogP contribution in [0.2, 0.25) is 0 Å². The van der Waals surface area contributed by atoms with E-state index < -0.39 is 46.2 Å². The summed E-state index contributed by atoms with van der Waals surface area (Å²) in [7, 11) is 0. The molecule has 0 bridgehead atoms. The van der Waals surface area contributed by atoms with E-state index in [2.05, 4.69) is 9.69 Å². The number of halogens is 4. The van der Waals surface area contributed by atoms with Crippen molar-refractivity contribution in [1.82, 2.24) is 0 Å². The summed E-state index contributed by atoms with van der Waals surface area (Å²) >= 11 is 6.29. The summed E-state index contributed by atoms with van der Waals surface area (Å²) in [6, 6.07) is 10.9. The number of rotatable bonds is 2. The highest BCUT2D eigenvalue weighted by Gasteiger charge is 2.49. The predicted octanol–water partition coefficient (Wildman–Crippen LogP) is 12.9. The maximum atomic E-state index is 14.4. The van der Waals surface area contributed by atoms with Crippen molar-refractivity contribution in [2.24, 2.45) is 0 Å². The lowest BCUT2D eigenvalue weighted by Gasteiger charge is -2.35. The predicted molar refractivity (Wildman–Crippen MR) is 218 cm³/mol. The second kappa shape index (κ2) is 12.9. The molecule has 0 saturated heterocycles. The van der Waals surface area contributed by atoms with E-state index in [9.17, 15) is 37.7 Å². The third kappa shape index (κ3) is 4.87. The Hall–Kier alpha value is -6.26. The minimum atomic E-state index is -1.20. The van der Waals surface area contributed by atoms with E-state index in [1.54, 1.807) is 34.8 Å².